The third kappa shape index (κ3) is 2.29. The fraction of sp³-hybridized carbons (Fsp3) is 0. The van der Waals surface area contributed by atoms with Gasteiger partial charge in [-0.1, -0.05) is 48.5 Å². The molecule has 7 rings (SSSR count). The highest BCUT2D eigenvalue weighted by atomic mass is 15.2. The largest absolute Gasteiger partial charge is 0.278 e. The number of nitrogens with zero attached hydrogens (tertiary/aromatic N) is 6. The number of aromatic nitrogens is 6. The predicted molar refractivity (Wildman–Crippen MR) is 126 cm³/mol. The molecular formula is C26H16N6. The summed E-state index contributed by atoms with van der Waals surface area (Å²) in [6.45, 7) is 0. The van der Waals surface area contributed by atoms with Crippen LogP contribution in [0.1, 0.15) is 0 Å². The summed E-state index contributed by atoms with van der Waals surface area (Å²) in [4.78, 5) is 9.66. The number of rotatable bonds is 2. The number of benzene rings is 3. The van der Waals surface area contributed by atoms with Crippen LogP contribution < -0.4 is 0 Å². The average Bonchev–Trinajstić information content (AvgIpc) is 3.37. The molecule has 0 fully saturated rings. The first kappa shape index (κ1) is 17.1. The van der Waals surface area contributed by atoms with Gasteiger partial charge in [-0.15, -0.1) is 5.10 Å². The molecule has 0 radical (unpaired) electrons. The fourth-order valence-corrected chi connectivity index (χ4v) is 4.63. The Bertz CT molecular complexity index is 1780. The molecule has 32 heavy (non-hydrogen) atoms. The standard InChI is InChI=1S/C26H16N6/c1-5-12-21-17(8-1)25-18-9-2-6-13-22(18)32(26(25)31(21)23-14-7-15-28-30-23)24-16-27-19-10-3-4-11-20(19)29-24/h1-16H. The van der Waals surface area contributed by atoms with E-state index in [0.29, 0.717) is 0 Å². The third-order valence-electron chi connectivity index (χ3n) is 5.93. The van der Waals surface area contributed by atoms with Gasteiger partial charge >= 0.3 is 0 Å². The minimum atomic E-state index is 0.761. The number of hydrogen-bond acceptors (Lipinski definition) is 4. The zero-order chi connectivity index (χ0) is 21.1. The van der Waals surface area contributed by atoms with Gasteiger partial charge in [-0.2, -0.15) is 5.10 Å². The molecule has 0 saturated heterocycles. The summed E-state index contributed by atoms with van der Waals surface area (Å²) < 4.78 is 4.34. The Labute approximate surface area is 182 Å². The normalized spacial score (nSPS) is 11.8. The highest BCUT2D eigenvalue weighted by Crippen LogP contribution is 2.39. The van der Waals surface area contributed by atoms with Gasteiger partial charge in [0.2, 0.25) is 0 Å². The predicted octanol–water partition coefficient (Wildman–Crippen LogP) is 5.46. The van der Waals surface area contributed by atoms with Crippen molar-refractivity contribution in [2.45, 2.75) is 0 Å². The molecule has 0 aliphatic rings. The van der Waals surface area contributed by atoms with Crippen molar-refractivity contribution in [1.82, 2.24) is 29.3 Å². The van der Waals surface area contributed by atoms with Crippen LogP contribution in [0.5, 0.6) is 0 Å². The van der Waals surface area contributed by atoms with E-state index < -0.39 is 0 Å². The molecule has 6 heteroatoms. The first-order valence-electron chi connectivity index (χ1n) is 10.4. The van der Waals surface area contributed by atoms with Gasteiger partial charge in [-0.05, 0) is 36.4 Å². The van der Waals surface area contributed by atoms with Crippen LogP contribution in [0.2, 0.25) is 0 Å². The summed E-state index contributed by atoms with van der Waals surface area (Å²) in [5, 5.41) is 12.1. The molecule has 0 aliphatic carbocycles. The van der Waals surface area contributed by atoms with Crippen LogP contribution in [0.25, 0.3) is 55.5 Å². The van der Waals surface area contributed by atoms with Crippen molar-refractivity contribution in [3.63, 3.8) is 0 Å². The molecule has 4 heterocycles. The van der Waals surface area contributed by atoms with Crippen LogP contribution >= 0.6 is 0 Å². The first-order valence-corrected chi connectivity index (χ1v) is 10.4. The van der Waals surface area contributed by atoms with E-state index in [9.17, 15) is 0 Å². The highest BCUT2D eigenvalue weighted by molar-refractivity contribution is 6.22. The fourth-order valence-electron chi connectivity index (χ4n) is 4.63. The molecule has 0 aliphatic heterocycles. The van der Waals surface area contributed by atoms with Crippen LogP contribution in [-0.2, 0) is 0 Å². The van der Waals surface area contributed by atoms with E-state index in [4.69, 9.17) is 4.98 Å². The van der Waals surface area contributed by atoms with E-state index in [2.05, 4.69) is 72.8 Å². The lowest BCUT2D eigenvalue weighted by atomic mass is 10.1. The molecule has 0 N–H and O–H groups in total. The first-order chi connectivity index (χ1) is 15.9. The lowest BCUT2D eigenvalue weighted by molar-refractivity contribution is 0.930. The molecular weight excluding hydrogens is 396 g/mol. The van der Waals surface area contributed by atoms with Crippen LogP contribution in [0.15, 0.2) is 97.3 Å². The molecule has 3 aromatic carbocycles. The van der Waals surface area contributed by atoms with E-state index in [1.165, 1.54) is 0 Å². The van der Waals surface area contributed by atoms with Crippen molar-refractivity contribution in [3.05, 3.63) is 97.3 Å². The van der Waals surface area contributed by atoms with Gasteiger partial charge in [0.1, 0.15) is 5.65 Å². The van der Waals surface area contributed by atoms with Gasteiger partial charge in [-0.25, -0.2) is 4.98 Å². The van der Waals surface area contributed by atoms with E-state index >= 15 is 0 Å². The molecule has 0 spiro atoms. The average molecular weight is 412 g/mol. The lowest BCUT2D eigenvalue weighted by Gasteiger charge is -2.11. The zero-order valence-corrected chi connectivity index (χ0v) is 16.9. The summed E-state index contributed by atoms with van der Waals surface area (Å²) >= 11 is 0. The maximum absolute atomic E-state index is 4.97. The summed E-state index contributed by atoms with van der Waals surface area (Å²) in [5.41, 5.74) is 4.88. The van der Waals surface area contributed by atoms with E-state index in [0.717, 1.165) is 55.5 Å². The van der Waals surface area contributed by atoms with Crippen LogP contribution in [0, 0.1) is 0 Å². The maximum Gasteiger partial charge on any atom is 0.161 e. The monoisotopic (exact) mass is 412 g/mol. The Morgan fingerprint density at radius 1 is 0.594 bits per heavy atom. The van der Waals surface area contributed by atoms with Crippen molar-refractivity contribution in [3.8, 4) is 11.6 Å². The number of hydrogen-bond donors (Lipinski definition) is 0. The second-order valence-electron chi connectivity index (χ2n) is 7.70. The molecule has 0 saturated carbocycles. The maximum atomic E-state index is 4.97. The Morgan fingerprint density at radius 2 is 1.25 bits per heavy atom. The Hall–Kier alpha value is -4.58. The van der Waals surface area contributed by atoms with E-state index in [1.807, 2.05) is 42.6 Å². The number of fused-ring (bicyclic) bond motifs is 6. The molecule has 0 amide bonds. The second-order valence-corrected chi connectivity index (χ2v) is 7.70. The van der Waals surface area contributed by atoms with Gasteiger partial charge in [0.25, 0.3) is 0 Å². The van der Waals surface area contributed by atoms with Gasteiger partial charge in [-0.3, -0.25) is 14.1 Å². The van der Waals surface area contributed by atoms with Gasteiger partial charge in [0, 0.05) is 22.4 Å². The van der Waals surface area contributed by atoms with Crippen molar-refractivity contribution < 1.29 is 0 Å². The van der Waals surface area contributed by atoms with Crippen LogP contribution in [0.3, 0.4) is 0 Å². The lowest BCUT2D eigenvalue weighted by Crippen LogP contribution is -2.05. The van der Waals surface area contributed by atoms with Crippen LogP contribution in [-0.4, -0.2) is 29.3 Å². The quantitative estimate of drug-likeness (QED) is 0.378. The molecule has 6 nitrogen and oxygen atoms in total. The summed E-state index contributed by atoms with van der Waals surface area (Å²) in [6.07, 6.45) is 3.53. The van der Waals surface area contributed by atoms with Gasteiger partial charge in [0.15, 0.2) is 11.6 Å². The van der Waals surface area contributed by atoms with Gasteiger partial charge in [0.05, 0.1) is 28.3 Å². The van der Waals surface area contributed by atoms with E-state index in [1.54, 1.807) is 6.20 Å². The van der Waals surface area contributed by atoms with Crippen LogP contribution in [0.4, 0.5) is 0 Å². The molecule has 150 valence electrons. The molecule has 4 aromatic heterocycles. The molecule has 0 atom stereocenters. The number of para-hydroxylation sites is 4. The SMILES string of the molecule is c1cnnc(-n2c3ccccc3c3c4ccccc4n(-c4cnc5ccccc5n4)c32)c1. The zero-order valence-electron chi connectivity index (χ0n) is 16.9. The smallest absolute Gasteiger partial charge is 0.161 e. The topological polar surface area (TPSA) is 61.4 Å². The van der Waals surface area contributed by atoms with Crippen molar-refractivity contribution >= 4 is 43.9 Å². The second kappa shape index (κ2) is 6.46. The molecule has 0 unspecified atom stereocenters. The summed E-state index contributed by atoms with van der Waals surface area (Å²) in [7, 11) is 0. The Kier molecular flexibility index (Phi) is 3.46. The minimum Gasteiger partial charge on any atom is -0.278 e. The Balaban J connectivity index is 1.72. The molecule has 7 aromatic rings. The third-order valence-corrected chi connectivity index (χ3v) is 5.93. The van der Waals surface area contributed by atoms with E-state index in [-0.39, 0.29) is 0 Å². The molecule has 0 bridgehead atoms. The van der Waals surface area contributed by atoms with Crippen molar-refractivity contribution in [1.29, 1.82) is 0 Å². The summed E-state index contributed by atoms with van der Waals surface area (Å²) in [6, 6.07) is 28.7. The minimum absolute atomic E-state index is 0.761. The van der Waals surface area contributed by atoms with Gasteiger partial charge < -0.3 is 0 Å². The summed E-state index contributed by atoms with van der Waals surface area (Å²) in [5.74, 6) is 1.53. The van der Waals surface area contributed by atoms with Crippen molar-refractivity contribution in [2.24, 2.45) is 0 Å². The highest BCUT2D eigenvalue weighted by Gasteiger charge is 2.22. The van der Waals surface area contributed by atoms with Crippen molar-refractivity contribution in [2.75, 3.05) is 0 Å². The Morgan fingerprint density at radius 3 is 1.97 bits per heavy atom.